The summed E-state index contributed by atoms with van der Waals surface area (Å²) in [7, 11) is 6.81. The van der Waals surface area contributed by atoms with Crippen molar-refractivity contribution >= 4 is 0 Å². The third kappa shape index (κ3) is 7.14. The van der Waals surface area contributed by atoms with Gasteiger partial charge in [-0.15, -0.1) is 0 Å². The third-order valence-electron chi connectivity index (χ3n) is 2.40. The lowest BCUT2D eigenvalue weighted by molar-refractivity contribution is 0.0126. The summed E-state index contributed by atoms with van der Waals surface area (Å²) in [5.74, 6) is 0. The van der Waals surface area contributed by atoms with Gasteiger partial charge in [0.25, 0.3) is 0 Å². The molecule has 0 aliphatic carbocycles. The number of hydrogen-bond donors (Lipinski definition) is 0. The summed E-state index contributed by atoms with van der Waals surface area (Å²) >= 11 is 0. The summed E-state index contributed by atoms with van der Waals surface area (Å²) in [5, 5.41) is 0. The maximum atomic E-state index is 5.19. The standard InChI is InChI=1S/C11H25NO4/c1-13-7-5-12(6-8-14-2)11(9-15-3)10-16-4/h11H,5-10H2,1-4H3. The molecule has 0 N–H and O–H groups in total. The molecule has 5 nitrogen and oxygen atoms in total. The van der Waals surface area contributed by atoms with Crippen LogP contribution in [0.1, 0.15) is 0 Å². The Balaban J connectivity index is 4.15. The molecule has 0 bridgehead atoms. The molecule has 16 heavy (non-hydrogen) atoms. The number of ether oxygens (including phenoxy) is 4. The SMILES string of the molecule is COCCN(CCOC)C(COC)COC. The lowest BCUT2D eigenvalue weighted by Crippen LogP contribution is -2.44. The second kappa shape index (κ2) is 11.3. The van der Waals surface area contributed by atoms with Crippen LogP contribution < -0.4 is 0 Å². The molecule has 0 spiro atoms. The third-order valence-corrected chi connectivity index (χ3v) is 2.40. The zero-order valence-corrected chi connectivity index (χ0v) is 10.9. The van der Waals surface area contributed by atoms with Gasteiger partial charge >= 0.3 is 0 Å². The Kier molecular flexibility index (Phi) is 11.1. The highest BCUT2D eigenvalue weighted by molar-refractivity contribution is 4.71. The number of nitrogens with zero attached hydrogens (tertiary/aromatic N) is 1. The molecule has 0 amide bonds. The van der Waals surface area contributed by atoms with Crippen LogP contribution in [0.15, 0.2) is 0 Å². The van der Waals surface area contributed by atoms with Gasteiger partial charge in [0.2, 0.25) is 0 Å². The van der Waals surface area contributed by atoms with E-state index in [-0.39, 0.29) is 6.04 Å². The van der Waals surface area contributed by atoms with Gasteiger partial charge < -0.3 is 18.9 Å². The fourth-order valence-corrected chi connectivity index (χ4v) is 1.54. The lowest BCUT2D eigenvalue weighted by Gasteiger charge is -2.30. The first kappa shape index (κ1) is 15.8. The molecule has 0 radical (unpaired) electrons. The average Bonchev–Trinajstić information content (AvgIpc) is 2.29. The Morgan fingerprint density at radius 3 is 1.50 bits per heavy atom. The highest BCUT2D eigenvalue weighted by Gasteiger charge is 2.17. The van der Waals surface area contributed by atoms with E-state index in [0.29, 0.717) is 26.4 Å². The van der Waals surface area contributed by atoms with Crippen molar-refractivity contribution < 1.29 is 18.9 Å². The van der Waals surface area contributed by atoms with Crippen LogP contribution in [0.25, 0.3) is 0 Å². The molecule has 0 aromatic rings. The molecule has 5 heteroatoms. The maximum absolute atomic E-state index is 5.19. The van der Waals surface area contributed by atoms with Crippen LogP contribution in [-0.4, -0.2) is 78.9 Å². The van der Waals surface area contributed by atoms with Crippen molar-refractivity contribution in [1.82, 2.24) is 4.90 Å². The molecule has 0 aliphatic rings. The molecule has 0 aliphatic heterocycles. The van der Waals surface area contributed by atoms with E-state index in [9.17, 15) is 0 Å². The molecular weight excluding hydrogens is 210 g/mol. The smallest absolute Gasteiger partial charge is 0.0640 e. The van der Waals surface area contributed by atoms with Crippen molar-refractivity contribution in [2.75, 3.05) is 68.0 Å². The van der Waals surface area contributed by atoms with Crippen LogP contribution in [0.5, 0.6) is 0 Å². The highest BCUT2D eigenvalue weighted by atomic mass is 16.5. The van der Waals surface area contributed by atoms with E-state index in [1.165, 1.54) is 0 Å². The van der Waals surface area contributed by atoms with Gasteiger partial charge in [-0.05, 0) is 0 Å². The molecule has 98 valence electrons. The van der Waals surface area contributed by atoms with Crippen molar-refractivity contribution in [1.29, 1.82) is 0 Å². The molecule has 0 unspecified atom stereocenters. The van der Waals surface area contributed by atoms with Crippen molar-refractivity contribution in [3.8, 4) is 0 Å². The molecule has 0 atom stereocenters. The van der Waals surface area contributed by atoms with Crippen LogP contribution in [0, 0.1) is 0 Å². The predicted octanol–water partition coefficient (Wildman–Crippen LogP) is 0.243. The fraction of sp³-hybridized carbons (Fsp3) is 1.00. The average molecular weight is 235 g/mol. The van der Waals surface area contributed by atoms with Crippen LogP contribution in [0.3, 0.4) is 0 Å². The second-order valence-corrected chi connectivity index (χ2v) is 3.59. The van der Waals surface area contributed by atoms with Gasteiger partial charge in [-0.2, -0.15) is 0 Å². The molecular formula is C11H25NO4. The summed E-state index contributed by atoms with van der Waals surface area (Å²) in [6.07, 6.45) is 0. The van der Waals surface area contributed by atoms with Crippen molar-refractivity contribution in [2.45, 2.75) is 6.04 Å². The predicted molar refractivity (Wildman–Crippen MR) is 62.9 cm³/mol. The minimum atomic E-state index is 0.250. The highest BCUT2D eigenvalue weighted by Crippen LogP contribution is 2.01. The van der Waals surface area contributed by atoms with E-state index in [4.69, 9.17) is 18.9 Å². The summed E-state index contributed by atoms with van der Waals surface area (Å²) in [6.45, 7) is 4.43. The van der Waals surface area contributed by atoms with Gasteiger partial charge in [0.1, 0.15) is 0 Å². The minimum absolute atomic E-state index is 0.250. The normalized spacial score (nSPS) is 11.6. The van der Waals surface area contributed by atoms with Crippen LogP contribution >= 0.6 is 0 Å². The van der Waals surface area contributed by atoms with Gasteiger partial charge in [0, 0.05) is 41.5 Å². The van der Waals surface area contributed by atoms with Crippen LogP contribution in [-0.2, 0) is 18.9 Å². The Bertz CT molecular complexity index is 132. The van der Waals surface area contributed by atoms with E-state index in [2.05, 4.69) is 4.90 Å². The first-order chi connectivity index (χ1) is 7.79. The molecule has 0 rings (SSSR count). The van der Waals surface area contributed by atoms with E-state index < -0.39 is 0 Å². The van der Waals surface area contributed by atoms with Crippen molar-refractivity contribution in [3.05, 3.63) is 0 Å². The fourth-order valence-electron chi connectivity index (χ4n) is 1.54. The number of hydrogen-bond acceptors (Lipinski definition) is 5. The summed E-state index contributed by atoms with van der Waals surface area (Å²) < 4.78 is 20.6. The molecule has 0 fully saturated rings. The maximum Gasteiger partial charge on any atom is 0.0640 e. The zero-order valence-electron chi connectivity index (χ0n) is 10.9. The van der Waals surface area contributed by atoms with Gasteiger partial charge in [-0.1, -0.05) is 0 Å². The second-order valence-electron chi connectivity index (χ2n) is 3.59. The largest absolute Gasteiger partial charge is 0.383 e. The van der Waals surface area contributed by atoms with Gasteiger partial charge in [0.15, 0.2) is 0 Å². The summed E-state index contributed by atoms with van der Waals surface area (Å²) in [4.78, 5) is 2.26. The molecule has 0 saturated carbocycles. The van der Waals surface area contributed by atoms with Gasteiger partial charge in [0.05, 0.1) is 32.5 Å². The lowest BCUT2D eigenvalue weighted by atomic mass is 10.2. The van der Waals surface area contributed by atoms with Gasteiger partial charge in [-0.3, -0.25) is 4.90 Å². The van der Waals surface area contributed by atoms with Crippen molar-refractivity contribution in [3.63, 3.8) is 0 Å². The Hall–Kier alpha value is -0.200. The Morgan fingerprint density at radius 1 is 0.750 bits per heavy atom. The van der Waals surface area contributed by atoms with Gasteiger partial charge in [-0.25, -0.2) is 0 Å². The Labute approximate surface area is 98.6 Å². The topological polar surface area (TPSA) is 40.2 Å². The van der Waals surface area contributed by atoms with E-state index in [1.807, 2.05) is 0 Å². The molecule has 0 aromatic heterocycles. The Morgan fingerprint density at radius 2 is 1.19 bits per heavy atom. The van der Waals surface area contributed by atoms with Crippen LogP contribution in [0.2, 0.25) is 0 Å². The zero-order chi connectivity index (χ0) is 12.2. The number of methoxy groups -OCH3 is 4. The minimum Gasteiger partial charge on any atom is -0.383 e. The molecule has 0 aromatic carbocycles. The van der Waals surface area contributed by atoms with E-state index in [0.717, 1.165) is 13.1 Å². The first-order valence-corrected chi connectivity index (χ1v) is 5.49. The summed E-state index contributed by atoms with van der Waals surface area (Å²) in [5.41, 5.74) is 0. The quantitative estimate of drug-likeness (QED) is 0.513. The van der Waals surface area contributed by atoms with E-state index >= 15 is 0 Å². The summed E-state index contributed by atoms with van der Waals surface area (Å²) in [6, 6.07) is 0.250. The van der Waals surface area contributed by atoms with Crippen molar-refractivity contribution in [2.24, 2.45) is 0 Å². The number of rotatable bonds is 11. The monoisotopic (exact) mass is 235 g/mol. The molecule has 0 heterocycles. The molecule has 0 saturated heterocycles. The van der Waals surface area contributed by atoms with Crippen LogP contribution in [0.4, 0.5) is 0 Å². The van der Waals surface area contributed by atoms with E-state index in [1.54, 1.807) is 28.4 Å². The first-order valence-electron chi connectivity index (χ1n) is 5.49.